The summed E-state index contributed by atoms with van der Waals surface area (Å²) in [5.74, 6) is -1.17. The second-order valence-electron chi connectivity index (χ2n) is 10.1. The highest BCUT2D eigenvalue weighted by Crippen LogP contribution is 2.49. The highest BCUT2D eigenvalue weighted by Gasteiger charge is 2.43. The number of halogens is 1. The van der Waals surface area contributed by atoms with Gasteiger partial charge in [0.05, 0.1) is 23.8 Å². The van der Waals surface area contributed by atoms with E-state index >= 15 is 0 Å². The third-order valence-corrected chi connectivity index (χ3v) is 6.90. The third kappa shape index (κ3) is 5.29. The number of dihydropyridines is 1. The maximum Gasteiger partial charge on any atom is 0.336 e. The molecule has 4 rings (SSSR count). The van der Waals surface area contributed by atoms with Crippen LogP contribution in [0.5, 0.6) is 11.5 Å². The number of Topliss-reactive ketones (excluding diaryl/α,β-unsaturated/α-hetero) is 1. The molecule has 0 saturated heterocycles. The van der Waals surface area contributed by atoms with Crippen LogP contribution in [0.2, 0.25) is 5.02 Å². The van der Waals surface area contributed by atoms with Gasteiger partial charge in [-0.2, -0.15) is 0 Å². The molecule has 0 saturated carbocycles. The summed E-state index contributed by atoms with van der Waals surface area (Å²) in [5, 5.41) is 13.8. The normalized spacial score (nSPS) is 19.0. The van der Waals surface area contributed by atoms with E-state index in [2.05, 4.69) is 19.2 Å². The topological polar surface area (TPSA) is 84.9 Å². The summed E-state index contributed by atoms with van der Waals surface area (Å²) in [6, 6.07) is 13.0. The number of hydrogen-bond acceptors (Lipinski definition) is 6. The molecule has 2 aromatic carbocycles. The zero-order valence-electron chi connectivity index (χ0n) is 21.1. The number of phenolic OH excluding ortho intramolecular Hbond substituents is 1. The van der Waals surface area contributed by atoms with Gasteiger partial charge >= 0.3 is 5.97 Å². The van der Waals surface area contributed by atoms with Crippen molar-refractivity contribution in [3.63, 3.8) is 0 Å². The zero-order valence-corrected chi connectivity index (χ0v) is 21.9. The average Bonchev–Trinajstić information content (AvgIpc) is 2.81. The van der Waals surface area contributed by atoms with Gasteiger partial charge in [-0.1, -0.05) is 55.8 Å². The fourth-order valence-corrected chi connectivity index (χ4v) is 5.27. The highest BCUT2D eigenvalue weighted by atomic mass is 35.5. The fourth-order valence-electron chi connectivity index (χ4n) is 5.05. The van der Waals surface area contributed by atoms with Gasteiger partial charge in [-0.3, -0.25) is 4.79 Å². The van der Waals surface area contributed by atoms with Crippen molar-refractivity contribution in [2.24, 2.45) is 5.41 Å². The van der Waals surface area contributed by atoms with Gasteiger partial charge in [-0.05, 0) is 48.9 Å². The molecule has 1 aliphatic heterocycles. The standard InChI is InChI=1S/C29H32ClNO5/c1-5-35-23-14-19(13-20(30)27(23)33)25-24(28(34)36-12-11-18-9-7-6-8-10-18)17(2)31-21-15-29(3,4)16-22(32)26(21)25/h6-10,13-14,25,31,33H,5,11-12,15-16H2,1-4H3/t25-/m0/s1. The average molecular weight is 510 g/mol. The molecule has 0 amide bonds. The Morgan fingerprint density at radius 1 is 1.19 bits per heavy atom. The van der Waals surface area contributed by atoms with Crippen molar-refractivity contribution >= 4 is 23.4 Å². The van der Waals surface area contributed by atoms with Gasteiger partial charge in [-0.25, -0.2) is 4.79 Å². The maximum atomic E-state index is 13.5. The molecule has 2 aliphatic rings. The molecule has 1 aliphatic carbocycles. The van der Waals surface area contributed by atoms with E-state index in [1.54, 1.807) is 19.1 Å². The smallest absolute Gasteiger partial charge is 0.336 e. The van der Waals surface area contributed by atoms with E-state index in [1.807, 2.05) is 37.3 Å². The first-order chi connectivity index (χ1) is 17.1. The molecule has 190 valence electrons. The summed E-state index contributed by atoms with van der Waals surface area (Å²) < 4.78 is 11.3. The summed E-state index contributed by atoms with van der Waals surface area (Å²) in [6.45, 7) is 8.27. The summed E-state index contributed by atoms with van der Waals surface area (Å²) in [4.78, 5) is 27.0. The predicted molar refractivity (Wildman–Crippen MR) is 139 cm³/mol. The van der Waals surface area contributed by atoms with E-state index in [0.717, 1.165) is 11.3 Å². The Bertz CT molecular complexity index is 1250. The number of allylic oxidation sites excluding steroid dienone is 3. The number of benzene rings is 2. The first-order valence-corrected chi connectivity index (χ1v) is 12.6. The SMILES string of the molecule is CCOc1cc([C@H]2C(C(=O)OCCc3ccccc3)=C(C)NC3=C2C(=O)CC(C)(C)C3)cc(Cl)c1O. The Morgan fingerprint density at radius 3 is 2.61 bits per heavy atom. The monoisotopic (exact) mass is 509 g/mol. The van der Waals surface area contributed by atoms with Gasteiger partial charge in [0.2, 0.25) is 0 Å². The van der Waals surface area contributed by atoms with Crippen molar-refractivity contribution in [2.75, 3.05) is 13.2 Å². The van der Waals surface area contributed by atoms with E-state index in [-0.39, 0.29) is 34.3 Å². The van der Waals surface area contributed by atoms with Gasteiger partial charge in [-0.15, -0.1) is 0 Å². The van der Waals surface area contributed by atoms with Crippen molar-refractivity contribution in [1.82, 2.24) is 5.32 Å². The van der Waals surface area contributed by atoms with E-state index in [9.17, 15) is 14.7 Å². The molecule has 0 bridgehead atoms. The first-order valence-electron chi connectivity index (χ1n) is 12.2. The van der Waals surface area contributed by atoms with Crippen molar-refractivity contribution in [3.8, 4) is 11.5 Å². The van der Waals surface area contributed by atoms with Gasteiger partial charge in [0, 0.05) is 35.7 Å². The minimum absolute atomic E-state index is 0.0250. The lowest BCUT2D eigenvalue weighted by molar-refractivity contribution is -0.139. The van der Waals surface area contributed by atoms with Crippen LogP contribution in [0, 0.1) is 5.41 Å². The third-order valence-electron chi connectivity index (χ3n) is 6.61. The van der Waals surface area contributed by atoms with E-state index in [4.69, 9.17) is 21.1 Å². The Morgan fingerprint density at radius 2 is 1.92 bits per heavy atom. The summed E-state index contributed by atoms with van der Waals surface area (Å²) in [7, 11) is 0. The molecule has 36 heavy (non-hydrogen) atoms. The lowest BCUT2D eigenvalue weighted by Gasteiger charge is -2.39. The predicted octanol–water partition coefficient (Wildman–Crippen LogP) is 5.83. The number of ether oxygens (including phenoxy) is 2. The molecule has 2 N–H and O–H groups in total. The molecular formula is C29H32ClNO5. The molecule has 0 unspecified atom stereocenters. The van der Waals surface area contributed by atoms with Crippen molar-refractivity contribution in [3.05, 3.63) is 81.2 Å². The molecule has 6 nitrogen and oxygen atoms in total. The Balaban J connectivity index is 1.74. The Hall–Kier alpha value is -3.25. The summed E-state index contributed by atoms with van der Waals surface area (Å²) >= 11 is 6.37. The van der Waals surface area contributed by atoms with Crippen molar-refractivity contribution in [1.29, 1.82) is 0 Å². The van der Waals surface area contributed by atoms with Crippen LogP contribution in [-0.4, -0.2) is 30.1 Å². The molecule has 1 heterocycles. The Labute approximate surface area is 216 Å². The van der Waals surface area contributed by atoms with Crippen LogP contribution in [0.25, 0.3) is 0 Å². The summed E-state index contributed by atoms with van der Waals surface area (Å²) in [5.41, 5.74) is 3.80. The highest BCUT2D eigenvalue weighted by molar-refractivity contribution is 6.32. The number of aromatic hydroxyl groups is 1. The van der Waals surface area contributed by atoms with Gasteiger partial charge in [0.1, 0.15) is 0 Å². The molecule has 2 aromatic rings. The molecule has 0 radical (unpaired) electrons. The van der Waals surface area contributed by atoms with Crippen LogP contribution < -0.4 is 10.1 Å². The van der Waals surface area contributed by atoms with E-state index in [0.29, 0.717) is 48.3 Å². The molecular weight excluding hydrogens is 478 g/mol. The molecule has 1 atom stereocenters. The Kier molecular flexibility index (Phi) is 7.46. The van der Waals surface area contributed by atoms with Gasteiger partial charge in [0.25, 0.3) is 0 Å². The van der Waals surface area contributed by atoms with Gasteiger partial charge < -0.3 is 19.9 Å². The minimum atomic E-state index is -0.689. The minimum Gasteiger partial charge on any atom is -0.503 e. The number of carbonyl (C=O) groups is 2. The van der Waals surface area contributed by atoms with E-state index < -0.39 is 11.9 Å². The lowest BCUT2D eigenvalue weighted by Crippen LogP contribution is -2.38. The van der Waals surface area contributed by atoms with Gasteiger partial charge in [0.15, 0.2) is 17.3 Å². The number of hydrogen-bond donors (Lipinski definition) is 2. The summed E-state index contributed by atoms with van der Waals surface area (Å²) in [6.07, 6.45) is 1.61. The number of ketones is 1. The van der Waals surface area contributed by atoms with Crippen LogP contribution in [0.15, 0.2) is 65.0 Å². The van der Waals surface area contributed by atoms with Crippen LogP contribution in [0.1, 0.15) is 57.6 Å². The number of phenols is 1. The second-order valence-corrected chi connectivity index (χ2v) is 10.5. The first kappa shape index (κ1) is 25.8. The van der Waals surface area contributed by atoms with Crippen molar-refractivity contribution < 1.29 is 24.2 Å². The van der Waals surface area contributed by atoms with Crippen LogP contribution in [0.3, 0.4) is 0 Å². The molecule has 7 heteroatoms. The van der Waals surface area contributed by atoms with Crippen LogP contribution >= 0.6 is 11.6 Å². The quantitative estimate of drug-likeness (QED) is 0.456. The zero-order chi connectivity index (χ0) is 26.0. The molecule has 0 fully saturated rings. The van der Waals surface area contributed by atoms with Crippen LogP contribution in [0.4, 0.5) is 0 Å². The van der Waals surface area contributed by atoms with Crippen LogP contribution in [-0.2, 0) is 20.7 Å². The fraction of sp³-hybridized carbons (Fsp3) is 0.379. The second kappa shape index (κ2) is 10.4. The number of rotatable bonds is 7. The van der Waals surface area contributed by atoms with E-state index in [1.165, 1.54) is 0 Å². The number of nitrogens with one attached hydrogen (secondary N) is 1. The van der Waals surface area contributed by atoms with Crippen molar-refractivity contribution in [2.45, 2.75) is 52.9 Å². The number of carbonyl (C=O) groups excluding carboxylic acids is 2. The maximum absolute atomic E-state index is 13.5. The number of esters is 1. The molecule has 0 spiro atoms. The molecule has 0 aromatic heterocycles. The lowest BCUT2D eigenvalue weighted by atomic mass is 9.68. The largest absolute Gasteiger partial charge is 0.503 e.